The number of thioether (sulfide) groups is 1. The third-order valence-electron chi connectivity index (χ3n) is 3.09. The van der Waals surface area contributed by atoms with Crippen LogP contribution >= 0.6 is 23.1 Å². The highest BCUT2D eigenvalue weighted by molar-refractivity contribution is 8.01. The molecule has 1 fully saturated rings. The first-order valence-electron chi connectivity index (χ1n) is 6.89. The van der Waals surface area contributed by atoms with Crippen LogP contribution in [0.4, 0.5) is 15.2 Å². The van der Waals surface area contributed by atoms with Gasteiger partial charge in [-0.25, -0.2) is 4.39 Å². The van der Waals surface area contributed by atoms with Crippen molar-refractivity contribution in [1.82, 2.24) is 10.2 Å². The average Bonchev–Trinajstić information content (AvgIpc) is 3.18. The molecule has 2 aromatic rings. The largest absolute Gasteiger partial charge is 0.357 e. The molecular weight excluding hydrogens is 323 g/mol. The van der Waals surface area contributed by atoms with Crippen LogP contribution in [0.5, 0.6) is 0 Å². The first-order chi connectivity index (χ1) is 10.6. The number of benzene rings is 1. The van der Waals surface area contributed by atoms with Gasteiger partial charge >= 0.3 is 0 Å². The first-order valence-corrected chi connectivity index (χ1v) is 8.69. The fourth-order valence-electron chi connectivity index (χ4n) is 1.72. The summed E-state index contributed by atoms with van der Waals surface area (Å²) in [7, 11) is 0. The van der Waals surface area contributed by atoms with Crippen molar-refractivity contribution in [3.63, 3.8) is 0 Å². The van der Waals surface area contributed by atoms with Gasteiger partial charge in [-0.3, -0.25) is 4.79 Å². The second kappa shape index (κ2) is 6.62. The Morgan fingerprint density at radius 3 is 3.00 bits per heavy atom. The van der Waals surface area contributed by atoms with Gasteiger partial charge in [0, 0.05) is 11.7 Å². The fraction of sp³-hybridized carbons (Fsp3) is 0.357. The summed E-state index contributed by atoms with van der Waals surface area (Å²) in [5, 5.41) is 14.8. The normalized spacial score (nSPS) is 13.9. The van der Waals surface area contributed by atoms with Crippen molar-refractivity contribution in [3.8, 4) is 0 Å². The number of hydrogen-bond acceptors (Lipinski definition) is 6. The van der Waals surface area contributed by atoms with Gasteiger partial charge in [0.1, 0.15) is 5.82 Å². The van der Waals surface area contributed by atoms with Gasteiger partial charge in [0.05, 0.1) is 5.75 Å². The molecule has 0 atom stereocenters. The molecule has 8 heteroatoms. The molecule has 116 valence electrons. The van der Waals surface area contributed by atoms with Gasteiger partial charge in [-0.2, -0.15) is 0 Å². The zero-order valence-corrected chi connectivity index (χ0v) is 13.6. The van der Waals surface area contributed by atoms with Gasteiger partial charge in [0.15, 0.2) is 4.34 Å². The molecule has 0 spiro atoms. The zero-order chi connectivity index (χ0) is 15.5. The molecule has 1 aliphatic carbocycles. The summed E-state index contributed by atoms with van der Waals surface area (Å²) in [5.41, 5.74) is 1.01. The molecule has 0 aliphatic heterocycles. The summed E-state index contributed by atoms with van der Waals surface area (Å²) in [6, 6.07) is 5.17. The molecule has 1 saturated carbocycles. The fourth-order valence-corrected chi connectivity index (χ4v) is 3.35. The van der Waals surface area contributed by atoms with E-state index < -0.39 is 0 Å². The summed E-state index contributed by atoms with van der Waals surface area (Å²) in [5.74, 6) is -0.307. The highest BCUT2D eigenvalue weighted by Gasteiger charge is 2.22. The number of aryl methyl sites for hydroxylation is 1. The van der Waals surface area contributed by atoms with Crippen LogP contribution in [0.25, 0.3) is 0 Å². The number of rotatable bonds is 6. The quantitative estimate of drug-likeness (QED) is 0.791. The Hall–Kier alpha value is -1.67. The van der Waals surface area contributed by atoms with E-state index in [0.717, 1.165) is 9.47 Å². The van der Waals surface area contributed by atoms with Crippen molar-refractivity contribution in [2.24, 2.45) is 0 Å². The van der Waals surface area contributed by atoms with E-state index in [0.29, 0.717) is 17.3 Å². The molecule has 5 nitrogen and oxygen atoms in total. The van der Waals surface area contributed by atoms with Crippen LogP contribution in [0, 0.1) is 12.7 Å². The van der Waals surface area contributed by atoms with E-state index >= 15 is 0 Å². The number of halogens is 1. The summed E-state index contributed by atoms with van der Waals surface area (Å²) in [6.07, 6.45) is 2.36. The maximum atomic E-state index is 13.4. The minimum Gasteiger partial charge on any atom is -0.357 e. The van der Waals surface area contributed by atoms with Gasteiger partial charge in [-0.05, 0) is 37.5 Å². The lowest BCUT2D eigenvalue weighted by atomic mass is 10.2. The number of hydrogen-bond donors (Lipinski definition) is 2. The van der Waals surface area contributed by atoms with Crippen LogP contribution in [0.3, 0.4) is 0 Å². The van der Waals surface area contributed by atoms with Gasteiger partial charge in [0.25, 0.3) is 0 Å². The van der Waals surface area contributed by atoms with Crippen molar-refractivity contribution in [3.05, 3.63) is 29.6 Å². The summed E-state index contributed by atoms with van der Waals surface area (Å²) < 4.78 is 14.2. The first kappa shape index (κ1) is 15.2. The van der Waals surface area contributed by atoms with Crippen molar-refractivity contribution >= 4 is 39.8 Å². The number of nitrogens with zero attached hydrogens (tertiary/aromatic N) is 2. The van der Waals surface area contributed by atoms with Gasteiger partial charge in [-0.15, -0.1) is 10.2 Å². The van der Waals surface area contributed by atoms with E-state index in [9.17, 15) is 9.18 Å². The monoisotopic (exact) mass is 338 g/mol. The van der Waals surface area contributed by atoms with E-state index in [-0.39, 0.29) is 17.5 Å². The molecule has 0 bridgehead atoms. The highest BCUT2D eigenvalue weighted by Crippen LogP contribution is 2.30. The molecule has 3 rings (SSSR count). The molecule has 1 amide bonds. The number of nitrogens with one attached hydrogen (secondary N) is 2. The lowest BCUT2D eigenvalue weighted by molar-refractivity contribution is -0.113. The number of carbonyl (C=O) groups excluding carboxylic acids is 1. The Bertz CT molecular complexity index is 687. The molecule has 22 heavy (non-hydrogen) atoms. The van der Waals surface area contributed by atoms with Crippen LogP contribution in [-0.2, 0) is 4.79 Å². The highest BCUT2D eigenvalue weighted by atomic mass is 32.2. The Morgan fingerprint density at radius 2 is 2.27 bits per heavy atom. The minimum absolute atomic E-state index is 0.194. The number of aromatic nitrogens is 2. The SMILES string of the molecule is Cc1ccc(NC(=O)CSc2nnc(NC3CC3)s2)cc1F. The lowest BCUT2D eigenvalue weighted by Gasteiger charge is -2.05. The van der Waals surface area contributed by atoms with E-state index in [2.05, 4.69) is 20.8 Å². The van der Waals surface area contributed by atoms with Gasteiger partial charge < -0.3 is 10.6 Å². The molecule has 2 N–H and O–H groups in total. The van der Waals surface area contributed by atoms with E-state index in [1.807, 2.05) is 0 Å². The Morgan fingerprint density at radius 1 is 1.45 bits per heavy atom. The zero-order valence-electron chi connectivity index (χ0n) is 11.9. The molecule has 1 aromatic heterocycles. The van der Waals surface area contributed by atoms with Gasteiger partial charge in [0.2, 0.25) is 11.0 Å². The molecule has 1 aromatic carbocycles. The van der Waals surface area contributed by atoms with Gasteiger partial charge in [-0.1, -0.05) is 29.2 Å². The van der Waals surface area contributed by atoms with Crippen molar-refractivity contribution in [1.29, 1.82) is 0 Å². The maximum absolute atomic E-state index is 13.4. The smallest absolute Gasteiger partial charge is 0.234 e. The van der Waals surface area contributed by atoms with E-state index in [1.165, 1.54) is 42.0 Å². The summed E-state index contributed by atoms with van der Waals surface area (Å²) in [4.78, 5) is 11.9. The third kappa shape index (κ3) is 4.17. The Kier molecular flexibility index (Phi) is 4.58. The predicted molar refractivity (Wildman–Crippen MR) is 87.0 cm³/mol. The molecule has 1 aliphatic rings. The molecule has 0 unspecified atom stereocenters. The Balaban J connectivity index is 1.48. The standard InChI is InChI=1S/C14H15FN4OS2/c1-8-2-3-10(6-11(8)15)16-12(20)7-21-14-19-18-13(22-14)17-9-4-5-9/h2-3,6,9H,4-5,7H2,1H3,(H,16,20)(H,17,18). The summed E-state index contributed by atoms with van der Waals surface area (Å²) >= 11 is 2.77. The third-order valence-corrected chi connectivity index (χ3v) is 5.08. The topological polar surface area (TPSA) is 66.9 Å². The van der Waals surface area contributed by atoms with E-state index in [1.54, 1.807) is 19.1 Å². The summed E-state index contributed by atoms with van der Waals surface area (Å²) in [6.45, 7) is 1.68. The second-order valence-corrected chi connectivity index (χ2v) is 7.29. The minimum atomic E-state index is -0.328. The molecule has 1 heterocycles. The van der Waals surface area contributed by atoms with E-state index in [4.69, 9.17) is 0 Å². The van der Waals surface area contributed by atoms with Crippen molar-refractivity contribution in [2.75, 3.05) is 16.4 Å². The molecule has 0 radical (unpaired) electrons. The van der Waals surface area contributed by atoms with Crippen LogP contribution in [0.2, 0.25) is 0 Å². The maximum Gasteiger partial charge on any atom is 0.234 e. The van der Waals surface area contributed by atoms with Crippen LogP contribution in [0.1, 0.15) is 18.4 Å². The number of anilines is 2. The second-order valence-electron chi connectivity index (χ2n) is 5.09. The van der Waals surface area contributed by atoms with Crippen molar-refractivity contribution in [2.45, 2.75) is 30.1 Å². The number of amides is 1. The average molecular weight is 338 g/mol. The van der Waals surface area contributed by atoms with Crippen molar-refractivity contribution < 1.29 is 9.18 Å². The molecule has 0 saturated heterocycles. The van der Waals surface area contributed by atoms with Crippen LogP contribution < -0.4 is 10.6 Å². The van der Waals surface area contributed by atoms with Crippen LogP contribution in [0.15, 0.2) is 22.5 Å². The Labute approximate surface area is 135 Å². The number of carbonyl (C=O) groups is 1. The molecular formula is C14H15FN4OS2. The predicted octanol–water partition coefficient (Wildman–Crippen LogP) is 3.29. The lowest BCUT2D eigenvalue weighted by Crippen LogP contribution is -2.14. The van der Waals surface area contributed by atoms with Crippen LogP contribution in [-0.4, -0.2) is 27.9 Å².